The molecule has 1 fully saturated rings. The minimum absolute atomic E-state index is 0.338. The van der Waals surface area contributed by atoms with Gasteiger partial charge in [0.25, 0.3) is 0 Å². The van der Waals surface area contributed by atoms with Crippen LogP contribution in [-0.4, -0.2) is 35.2 Å². The average molecular weight is 271 g/mol. The second kappa shape index (κ2) is 6.37. The highest BCUT2D eigenvalue weighted by Gasteiger charge is 2.15. The van der Waals surface area contributed by atoms with E-state index in [1.807, 2.05) is 6.92 Å². The molecule has 0 aromatic carbocycles. The van der Waals surface area contributed by atoms with Gasteiger partial charge in [-0.3, -0.25) is 0 Å². The van der Waals surface area contributed by atoms with Gasteiger partial charge in [0.15, 0.2) is 4.34 Å². The number of thioether (sulfide) groups is 1. The van der Waals surface area contributed by atoms with Crippen LogP contribution >= 0.6 is 23.1 Å². The Balaban J connectivity index is 1.75. The first-order valence-corrected chi connectivity index (χ1v) is 7.50. The molecule has 0 radical (unpaired) electrons. The first kappa shape index (κ1) is 12.9. The highest BCUT2D eigenvalue weighted by molar-refractivity contribution is 8.01. The SMILES string of the molecule is C=C(C)CSc1nnc(NC[C@H]2CCCO2)s1. The van der Waals surface area contributed by atoms with E-state index in [9.17, 15) is 0 Å². The Morgan fingerprint density at radius 2 is 2.53 bits per heavy atom. The topological polar surface area (TPSA) is 47.0 Å². The van der Waals surface area contributed by atoms with Gasteiger partial charge in [-0.1, -0.05) is 35.3 Å². The second-order valence-electron chi connectivity index (χ2n) is 4.13. The molecule has 0 unspecified atom stereocenters. The summed E-state index contributed by atoms with van der Waals surface area (Å²) < 4.78 is 6.53. The van der Waals surface area contributed by atoms with E-state index >= 15 is 0 Å². The highest BCUT2D eigenvalue weighted by Crippen LogP contribution is 2.26. The summed E-state index contributed by atoms with van der Waals surface area (Å²) in [5, 5.41) is 12.4. The number of ether oxygens (including phenoxy) is 1. The molecule has 2 heterocycles. The molecule has 0 aliphatic carbocycles. The Kier molecular flexibility index (Phi) is 4.82. The zero-order valence-electron chi connectivity index (χ0n) is 9.94. The number of hydrogen-bond donors (Lipinski definition) is 1. The van der Waals surface area contributed by atoms with Gasteiger partial charge in [-0.25, -0.2) is 0 Å². The summed E-state index contributed by atoms with van der Waals surface area (Å²) in [6.07, 6.45) is 2.65. The number of rotatable bonds is 6. The van der Waals surface area contributed by atoms with E-state index < -0.39 is 0 Å². The molecule has 2 rings (SSSR count). The van der Waals surface area contributed by atoms with Gasteiger partial charge in [0.1, 0.15) is 0 Å². The Morgan fingerprint density at radius 3 is 3.24 bits per heavy atom. The van der Waals surface area contributed by atoms with E-state index in [1.54, 1.807) is 23.1 Å². The van der Waals surface area contributed by atoms with E-state index in [0.29, 0.717) is 6.10 Å². The summed E-state index contributed by atoms with van der Waals surface area (Å²) in [5.41, 5.74) is 1.15. The third-order valence-electron chi connectivity index (χ3n) is 2.35. The fourth-order valence-corrected chi connectivity index (χ4v) is 3.13. The van der Waals surface area contributed by atoms with Crippen LogP contribution in [0, 0.1) is 0 Å². The van der Waals surface area contributed by atoms with Crippen molar-refractivity contribution in [3.05, 3.63) is 12.2 Å². The molecule has 1 aliphatic rings. The van der Waals surface area contributed by atoms with Gasteiger partial charge in [-0.05, 0) is 19.8 Å². The molecule has 0 amide bonds. The Hall–Kier alpha value is -0.590. The molecule has 17 heavy (non-hydrogen) atoms. The van der Waals surface area contributed by atoms with Crippen molar-refractivity contribution in [2.45, 2.75) is 30.2 Å². The minimum atomic E-state index is 0.338. The summed E-state index contributed by atoms with van der Waals surface area (Å²) in [7, 11) is 0. The van der Waals surface area contributed by atoms with Crippen molar-refractivity contribution in [2.75, 3.05) is 24.2 Å². The number of hydrogen-bond acceptors (Lipinski definition) is 6. The van der Waals surface area contributed by atoms with Crippen molar-refractivity contribution in [2.24, 2.45) is 0 Å². The van der Waals surface area contributed by atoms with Crippen LogP contribution in [0.2, 0.25) is 0 Å². The number of nitrogens with one attached hydrogen (secondary N) is 1. The molecule has 1 aromatic rings. The first-order valence-electron chi connectivity index (χ1n) is 5.70. The maximum atomic E-state index is 5.54. The summed E-state index contributed by atoms with van der Waals surface area (Å²) in [5.74, 6) is 0.903. The Bertz CT molecular complexity index is 375. The molecule has 0 spiro atoms. The molecule has 0 saturated carbocycles. The predicted molar refractivity (Wildman–Crippen MR) is 72.9 cm³/mol. The normalized spacial score (nSPS) is 19.5. The summed E-state index contributed by atoms with van der Waals surface area (Å²) in [6.45, 7) is 7.61. The zero-order chi connectivity index (χ0) is 12.1. The monoisotopic (exact) mass is 271 g/mol. The van der Waals surface area contributed by atoms with E-state index in [4.69, 9.17) is 4.74 Å². The summed E-state index contributed by atoms with van der Waals surface area (Å²) >= 11 is 3.27. The van der Waals surface area contributed by atoms with Gasteiger partial charge in [-0.2, -0.15) is 0 Å². The van der Waals surface area contributed by atoms with Crippen LogP contribution in [0.4, 0.5) is 5.13 Å². The van der Waals surface area contributed by atoms with Crippen LogP contribution in [0.1, 0.15) is 19.8 Å². The van der Waals surface area contributed by atoms with Gasteiger partial charge in [0, 0.05) is 18.9 Å². The molecule has 1 saturated heterocycles. The van der Waals surface area contributed by atoms with Crippen LogP contribution in [0.25, 0.3) is 0 Å². The van der Waals surface area contributed by atoms with Gasteiger partial charge in [0.2, 0.25) is 5.13 Å². The molecule has 1 N–H and O–H groups in total. The molecule has 1 aliphatic heterocycles. The van der Waals surface area contributed by atoms with Crippen LogP contribution in [-0.2, 0) is 4.74 Å². The zero-order valence-corrected chi connectivity index (χ0v) is 11.6. The van der Waals surface area contributed by atoms with E-state index in [0.717, 1.165) is 40.4 Å². The van der Waals surface area contributed by atoms with Gasteiger partial charge in [-0.15, -0.1) is 10.2 Å². The molecular weight excluding hydrogens is 254 g/mol. The average Bonchev–Trinajstić information content (AvgIpc) is 2.95. The van der Waals surface area contributed by atoms with Crippen LogP contribution in [0.15, 0.2) is 16.5 Å². The highest BCUT2D eigenvalue weighted by atomic mass is 32.2. The van der Waals surface area contributed by atoms with Crippen molar-refractivity contribution in [1.29, 1.82) is 0 Å². The third kappa shape index (κ3) is 4.29. The lowest BCUT2D eigenvalue weighted by atomic mass is 10.2. The van der Waals surface area contributed by atoms with E-state index in [-0.39, 0.29) is 0 Å². The van der Waals surface area contributed by atoms with Gasteiger partial charge in [0.05, 0.1) is 6.10 Å². The minimum Gasteiger partial charge on any atom is -0.376 e. The third-order valence-corrected chi connectivity index (χ3v) is 4.60. The maximum absolute atomic E-state index is 5.54. The molecule has 6 heteroatoms. The lowest BCUT2D eigenvalue weighted by Gasteiger charge is -2.08. The predicted octanol–water partition coefficient (Wildman–Crippen LogP) is 2.80. The van der Waals surface area contributed by atoms with Crippen molar-refractivity contribution >= 4 is 28.2 Å². The van der Waals surface area contributed by atoms with E-state index in [2.05, 4.69) is 22.1 Å². The van der Waals surface area contributed by atoms with Crippen molar-refractivity contribution in [3.63, 3.8) is 0 Å². The molecule has 0 bridgehead atoms. The quantitative estimate of drug-likeness (QED) is 0.637. The molecule has 4 nitrogen and oxygen atoms in total. The van der Waals surface area contributed by atoms with Crippen molar-refractivity contribution in [3.8, 4) is 0 Å². The fourth-order valence-electron chi connectivity index (χ4n) is 1.53. The van der Waals surface area contributed by atoms with E-state index in [1.165, 1.54) is 6.42 Å². The standard InChI is InChI=1S/C11H17N3OS2/c1-8(2)7-16-11-14-13-10(17-11)12-6-9-4-3-5-15-9/h9H,1,3-7H2,2H3,(H,12,13)/t9-/m1/s1. The number of aromatic nitrogens is 2. The molecule has 1 atom stereocenters. The fraction of sp³-hybridized carbons (Fsp3) is 0.636. The first-order chi connectivity index (χ1) is 8.24. The Morgan fingerprint density at radius 1 is 1.65 bits per heavy atom. The lowest BCUT2D eigenvalue weighted by molar-refractivity contribution is 0.120. The molecule has 1 aromatic heterocycles. The maximum Gasteiger partial charge on any atom is 0.206 e. The van der Waals surface area contributed by atoms with Crippen LogP contribution < -0.4 is 5.32 Å². The molecule has 94 valence electrons. The largest absolute Gasteiger partial charge is 0.376 e. The lowest BCUT2D eigenvalue weighted by Crippen LogP contribution is -2.18. The number of nitrogens with zero attached hydrogens (tertiary/aromatic N) is 2. The Labute approximate surface area is 110 Å². The molecular formula is C11H17N3OS2. The van der Waals surface area contributed by atoms with Gasteiger partial charge >= 0.3 is 0 Å². The van der Waals surface area contributed by atoms with Crippen LogP contribution in [0.5, 0.6) is 0 Å². The summed E-state index contributed by atoms with van der Waals surface area (Å²) in [6, 6.07) is 0. The number of anilines is 1. The second-order valence-corrected chi connectivity index (χ2v) is 6.33. The summed E-state index contributed by atoms with van der Waals surface area (Å²) in [4.78, 5) is 0. The van der Waals surface area contributed by atoms with Crippen LogP contribution in [0.3, 0.4) is 0 Å². The van der Waals surface area contributed by atoms with Crippen molar-refractivity contribution in [1.82, 2.24) is 10.2 Å². The van der Waals surface area contributed by atoms with Gasteiger partial charge < -0.3 is 10.1 Å². The smallest absolute Gasteiger partial charge is 0.206 e. The van der Waals surface area contributed by atoms with Crippen molar-refractivity contribution < 1.29 is 4.74 Å².